The van der Waals surface area contributed by atoms with E-state index in [0.717, 1.165) is 6.42 Å². The number of carbonyl (C=O) groups excluding carboxylic acids is 1. The number of fused-ring (bicyclic) bond motifs is 5. The lowest BCUT2D eigenvalue weighted by atomic mass is 9.47. The molecule has 3 fully saturated rings. The SMILES string of the molecule is [2H]C([2H])([2H])[C@]1(O)CC[C@H]2[C@@H]3C[C@@H](O)C4=C(Cl)C(=O)C=C[C@]4(C)[C@H]3CC[C@@]21C. The summed E-state index contributed by atoms with van der Waals surface area (Å²) in [7, 11) is 0. The lowest BCUT2D eigenvalue weighted by molar-refractivity contribution is -0.122. The molecular formula is C20H27ClO3. The average Bonchev–Trinajstić information content (AvgIpc) is 2.84. The fourth-order valence-corrected chi connectivity index (χ4v) is 6.75. The number of aliphatic hydroxyl groups is 2. The lowest BCUT2D eigenvalue weighted by Gasteiger charge is -2.58. The molecule has 0 spiro atoms. The molecule has 0 bridgehead atoms. The lowest BCUT2D eigenvalue weighted by Crippen LogP contribution is -2.55. The zero-order valence-electron chi connectivity index (χ0n) is 17.2. The molecule has 0 radical (unpaired) electrons. The van der Waals surface area contributed by atoms with Gasteiger partial charge in [-0.05, 0) is 73.8 Å². The molecule has 0 aromatic rings. The van der Waals surface area contributed by atoms with Crippen molar-refractivity contribution < 1.29 is 19.1 Å². The van der Waals surface area contributed by atoms with Gasteiger partial charge in [0.05, 0.1) is 16.7 Å². The van der Waals surface area contributed by atoms with Crippen molar-refractivity contribution in [2.75, 3.05) is 0 Å². The Morgan fingerprint density at radius 2 is 2.00 bits per heavy atom. The second kappa shape index (κ2) is 4.96. The summed E-state index contributed by atoms with van der Waals surface area (Å²) in [6.45, 7) is 1.52. The molecule has 3 nitrogen and oxygen atoms in total. The van der Waals surface area contributed by atoms with Crippen molar-refractivity contribution in [1.29, 1.82) is 0 Å². The Morgan fingerprint density at radius 1 is 1.29 bits per heavy atom. The molecule has 2 N–H and O–H groups in total. The van der Waals surface area contributed by atoms with Crippen molar-refractivity contribution >= 4 is 17.4 Å². The normalized spacial score (nSPS) is 56.0. The summed E-state index contributed by atoms with van der Waals surface area (Å²) in [6, 6.07) is 0. The van der Waals surface area contributed by atoms with Gasteiger partial charge in [0, 0.05) is 9.53 Å². The van der Waals surface area contributed by atoms with E-state index in [2.05, 4.69) is 0 Å². The Hall–Kier alpha value is -0.640. The van der Waals surface area contributed by atoms with Gasteiger partial charge in [0.1, 0.15) is 0 Å². The molecule has 0 amide bonds. The molecule has 0 unspecified atom stereocenters. The number of allylic oxidation sites excluding steroid dienone is 3. The standard InChI is InChI=1S/C20H27ClO3/c1-18-7-6-14(22)17(21)16(18)15(23)10-11-12(18)4-8-19(2)13(11)5-9-20(19,3)24/h6-7,11-13,15,23-24H,4-5,8-10H2,1-3H3/t11-,12+,13+,15-,18-,19+,20+/m1/s1/i3D3. The van der Waals surface area contributed by atoms with E-state index in [0.29, 0.717) is 24.8 Å². The molecule has 0 aromatic carbocycles. The van der Waals surface area contributed by atoms with Gasteiger partial charge in [0.15, 0.2) is 5.78 Å². The Labute approximate surface area is 153 Å². The van der Waals surface area contributed by atoms with Gasteiger partial charge in [-0.1, -0.05) is 31.5 Å². The number of hydrogen-bond acceptors (Lipinski definition) is 3. The van der Waals surface area contributed by atoms with E-state index < -0.39 is 29.4 Å². The molecule has 7 atom stereocenters. The number of aliphatic hydroxyl groups excluding tert-OH is 1. The summed E-state index contributed by atoms with van der Waals surface area (Å²) in [6.07, 6.45) is 5.29. The minimum Gasteiger partial charge on any atom is -0.390 e. The highest BCUT2D eigenvalue weighted by molar-refractivity contribution is 6.45. The van der Waals surface area contributed by atoms with Crippen LogP contribution in [0.1, 0.15) is 56.9 Å². The van der Waals surface area contributed by atoms with Crippen molar-refractivity contribution in [2.45, 2.75) is 64.5 Å². The first kappa shape index (κ1) is 13.5. The first-order valence-corrected chi connectivity index (χ1v) is 9.29. The van der Waals surface area contributed by atoms with Crippen LogP contribution in [-0.4, -0.2) is 27.7 Å². The van der Waals surface area contributed by atoms with Crippen LogP contribution >= 0.6 is 11.6 Å². The van der Waals surface area contributed by atoms with Gasteiger partial charge in [-0.3, -0.25) is 4.79 Å². The van der Waals surface area contributed by atoms with Crippen LogP contribution in [0.4, 0.5) is 0 Å². The van der Waals surface area contributed by atoms with Crippen LogP contribution in [0.3, 0.4) is 0 Å². The highest BCUT2D eigenvalue weighted by Gasteiger charge is 2.63. The minimum atomic E-state index is -2.42. The van der Waals surface area contributed by atoms with Crippen molar-refractivity contribution in [2.24, 2.45) is 28.6 Å². The van der Waals surface area contributed by atoms with Crippen molar-refractivity contribution in [3.63, 3.8) is 0 Å². The fourth-order valence-electron chi connectivity index (χ4n) is 6.36. The van der Waals surface area contributed by atoms with Crippen LogP contribution in [0.5, 0.6) is 0 Å². The predicted octanol–water partition coefficient (Wildman–Crippen LogP) is 3.58. The molecule has 4 rings (SSSR count). The van der Waals surface area contributed by atoms with Crippen LogP contribution in [-0.2, 0) is 4.79 Å². The molecule has 24 heavy (non-hydrogen) atoms. The molecule has 0 aliphatic heterocycles. The van der Waals surface area contributed by atoms with Crippen molar-refractivity contribution in [1.82, 2.24) is 0 Å². The third kappa shape index (κ3) is 1.89. The summed E-state index contributed by atoms with van der Waals surface area (Å²) in [5, 5.41) is 22.2. The molecular weight excluding hydrogens is 324 g/mol. The number of hydrogen-bond donors (Lipinski definition) is 2. The predicted molar refractivity (Wildman–Crippen MR) is 93.4 cm³/mol. The Kier molecular flexibility index (Phi) is 2.80. The van der Waals surface area contributed by atoms with Crippen molar-refractivity contribution in [3.8, 4) is 0 Å². The van der Waals surface area contributed by atoms with E-state index >= 15 is 0 Å². The Morgan fingerprint density at radius 3 is 2.71 bits per heavy atom. The quantitative estimate of drug-likeness (QED) is 0.699. The van der Waals surface area contributed by atoms with Crippen LogP contribution in [0, 0.1) is 28.6 Å². The van der Waals surface area contributed by atoms with Gasteiger partial charge in [-0.25, -0.2) is 0 Å². The third-order valence-corrected chi connectivity index (χ3v) is 8.19. The van der Waals surface area contributed by atoms with Crippen LogP contribution in [0.25, 0.3) is 0 Å². The van der Waals surface area contributed by atoms with E-state index in [9.17, 15) is 15.0 Å². The van der Waals surface area contributed by atoms with E-state index in [1.54, 1.807) is 0 Å². The van der Waals surface area contributed by atoms with Gasteiger partial charge in [-0.2, -0.15) is 0 Å². The first-order valence-electron chi connectivity index (χ1n) is 10.4. The molecule has 4 aliphatic carbocycles. The number of carbonyl (C=O) groups is 1. The average molecular weight is 354 g/mol. The van der Waals surface area contributed by atoms with Gasteiger partial charge >= 0.3 is 0 Å². The first-order chi connectivity index (χ1) is 12.4. The zero-order chi connectivity index (χ0) is 20.0. The maximum atomic E-state index is 12.0. The van der Waals surface area contributed by atoms with Gasteiger partial charge in [0.2, 0.25) is 0 Å². The zero-order valence-corrected chi connectivity index (χ0v) is 14.9. The molecule has 3 saturated carbocycles. The van der Waals surface area contributed by atoms with E-state index in [4.69, 9.17) is 15.7 Å². The Balaban J connectivity index is 1.77. The van der Waals surface area contributed by atoms with Crippen LogP contribution in [0.2, 0.25) is 0 Å². The number of rotatable bonds is 0. The van der Waals surface area contributed by atoms with Crippen molar-refractivity contribution in [3.05, 3.63) is 22.8 Å². The summed E-state index contributed by atoms with van der Waals surface area (Å²) in [5.41, 5.74) is -2.27. The summed E-state index contributed by atoms with van der Waals surface area (Å²) in [4.78, 5) is 12.0. The second-order valence-electron chi connectivity index (χ2n) is 8.69. The molecule has 0 saturated heterocycles. The summed E-state index contributed by atoms with van der Waals surface area (Å²) in [5.74, 6) is 0.0247. The largest absolute Gasteiger partial charge is 0.390 e. The Bertz CT molecular complexity index is 760. The highest BCUT2D eigenvalue weighted by Crippen LogP contribution is 2.67. The monoisotopic (exact) mass is 353 g/mol. The maximum Gasteiger partial charge on any atom is 0.196 e. The van der Waals surface area contributed by atoms with Crippen LogP contribution in [0.15, 0.2) is 22.8 Å². The van der Waals surface area contributed by atoms with Gasteiger partial charge < -0.3 is 10.2 Å². The highest BCUT2D eigenvalue weighted by atomic mass is 35.5. The topological polar surface area (TPSA) is 57.5 Å². The molecule has 0 heterocycles. The maximum absolute atomic E-state index is 12.0. The smallest absolute Gasteiger partial charge is 0.196 e. The second-order valence-corrected chi connectivity index (χ2v) is 9.07. The minimum absolute atomic E-state index is 0.0273. The van der Waals surface area contributed by atoms with Gasteiger partial charge in [0.25, 0.3) is 0 Å². The fraction of sp³-hybridized carbons (Fsp3) is 0.750. The molecule has 4 heteroatoms. The molecule has 4 aliphatic rings. The summed E-state index contributed by atoms with van der Waals surface area (Å²) < 4.78 is 23.8. The van der Waals surface area contributed by atoms with E-state index in [1.807, 2.05) is 19.9 Å². The molecule has 132 valence electrons. The van der Waals surface area contributed by atoms with E-state index in [-0.39, 0.29) is 35.0 Å². The summed E-state index contributed by atoms with van der Waals surface area (Å²) >= 11 is 6.30. The number of ketones is 1. The van der Waals surface area contributed by atoms with E-state index in [1.165, 1.54) is 6.08 Å². The van der Waals surface area contributed by atoms with Gasteiger partial charge in [-0.15, -0.1) is 0 Å². The van der Waals surface area contributed by atoms with Crippen LogP contribution < -0.4 is 0 Å². The molecule has 0 aromatic heterocycles. The third-order valence-electron chi connectivity index (χ3n) is 7.80. The number of halogens is 1.